The summed E-state index contributed by atoms with van der Waals surface area (Å²) in [5.74, 6) is 0. The zero-order valence-corrected chi connectivity index (χ0v) is 11.9. The van der Waals surface area contributed by atoms with Gasteiger partial charge in [0.15, 0.2) is 0 Å². The molecule has 1 saturated heterocycles. The highest BCUT2D eigenvalue weighted by molar-refractivity contribution is 5.82. The molecule has 106 valence electrons. The molecule has 2 N–H and O–H groups in total. The molecule has 3 nitrogen and oxygen atoms in total. The van der Waals surface area contributed by atoms with Crippen LogP contribution in [0.1, 0.15) is 31.2 Å². The maximum Gasteiger partial charge on any atom is 0.0457 e. The van der Waals surface area contributed by atoms with Crippen molar-refractivity contribution in [2.75, 3.05) is 13.1 Å². The van der Waals surface area contributed by atoms with Gasteiger partial charge in [0, 0.05) is 35.7 Å². The van der Waals surface area contributed by atoms with Gasteiger partial charge in [-0.15, -0.1) is 0 Å². The summed E-state index contributed by atoms with van der Waals surface area (Å²) in [5, 5.41) is 5.11. The number of aromatic amines is 1. The van der Waals surface area contributed by atoms with Crippen molar-refractivity contribution in [3.63, 3.8) is 0 Å². The first-order valence-corrected chi connectivity index (χ1v) is 7.92. The van der Waals surface area contributed by atoms with E-state index < -0.39 is 0 Å². The van der Waals surface area contributed by atoms with E-state index in [9.17, 15) is 0 Å². The molecule has 0 amide bonds. The highest BCUT2D eigenvalue weighted by Crippen LogP contribution is 2.29. The van der Waals surface area contributed by atoms with E-state index in [0.717, 1.165) is 12.6 Å². The number of fused-ring (bicyclic) bond motifs is 1. The third-order valence-electron chi connectivity index (χ3n) is 4.85. The third kappa shape index (κ3) is 2.48. The van der Waals surface area contributed by atoms with Gasteiger partial charge in [-0.1, -0.05) is 18.2 Å². The van der Waals surface area contributed by atoms with Crippen molar-refractivity contribution in [2.45, 2.75) is 44.3 Å². The Hall–Kier alpha value is -1.32. The molecule has 0 unspecified atom stereocenters. The zero-order chi connectivity index (χ0) is 13.4. The number of nitrogens with one attached hydrogen (secondary N) is 2. The number of para-hydroxylation sites is 1. The van der Waals surface area contributed by atoms with Gasteiger partial charge < -0.3 is 15.2 Å². The normalized spacial score (nSPS) is 21.6. The van der Waals surface area contributed by atoms with Crippen molar-refractivity contribution in [1.29, 1.82) is 0 Å². The lowest BCUT2D eigenvalue weighted by Crippen LogP contribution is -2.43. The Balaban J connectivity index is 1.34. The van der Waals surface area contributed by atoms with Crippen LogP contribution in [0, 0.1) is 0 Å². The summed E-state index contributed by atoms with van der Waals surface area (Å²) in [4.78, 5) is 6.04. The van der Waals surface area contributed by atoms with Crippen LogP contribution in [-0.2, 0) is 6.54 Å². The lowest BCUT2D eigenvalue weighted by Gasteiger charge is -2.32. The standard InChI is InChI=1S/C17H23N3/c1-2-4-17-16(3-1)13(12-19-17)11-18-14-7-9-20(10-8-14)15-5-6-15/h1-4,12,14-15,18-19H,5-11H2. The predicted molar refractivity (Wildman–Crippen MR) is 82.8 cm³/mol. The number of nitrogens with zero attached hydrogens (tertiary/aromatic N) is 1. The van der Waals surface area contributed by atoms with E-state index in [-0.39, 0.29) is 0 Å². The van der Waals surface area contributed by atoms with Crippen LogP contribution in [0.15, 0.2) is 30.5 Å². The Labute approximate surface area is 120 Å². The molecule has 0 spiro atoms. The van der Waals surface area contributed by atoms with E-state index in [0.29, 0.717) is 6.04 Å². The number of H-pyrrole nitrogens is 1. The number of piperidine rings is 1. The molecule has 1 aliphatic heterocycles. The van der Waals surface area contributed by atoms with E-state index in [2.05, 4.69) is 45.7 Å². The second-order valence-corrected chi connectivity index (χ2v) is 6.28. The molecule has 2 aromatic rings. The van der Waals surface area contributed by atoms with Gasteiger partial charge in [-0.2, -0.15) is 0 Å². The fourth-order valence-corrected chi connectivity index (χ4v) is 3.44. The molecular formula is C17H23N3. The highest BCUT2D eigenvalue weighted by atomic mass is 15.2. The maximum absolute atomic E-state index is 3.75. The number of hydrogen-bond acceptors (Lipinski definition) is 2. The Bertz CT molecular complexity index is 577. The number of rotatable bonds is 4. The van der Waals surface area contributed by atoms with Gasteiger partial charge >= 0.3 is 0 Å². The van der Waals surface area contributed by atoms with Crippen LogP contribution < -0.4 is 5.32 Å². The molecule has 1 aliphatic carbocycles. The minimum absolute atomic E-state index is 0.693. The molecule has 4 rings (SSSR count). The van der Waals surface area contributed by atoms with Crippen molar-refractivity contribution in [2.24, 2.45) is 0 Å². The van der Waals surface area contributed by atoms with Crippen molar-refractivity contribution < 1.29 is 0 Å². The molecular weight excluding hydrogens is 246 g/mol. The van der Waals surface area contributed by atoms with Gasteiger partial charge in [0.25, 0.3) is 0 Å². The van der Waals surface area contributed by atoms with Gasteiger partial charge in [0.05, 0.1) is 0 Å². The van der Waals surface area contributed by atoms with Crippen LogP contribution in [0.3, 0.4) is 0 Å². The summed E-state index contributed by atoms with van der Waals surface area (Å²) >= 11 is 0. The SMILES string of the molecule is c1ccc2c(CNC3CCN(C4CC4)CC3)c[nH]c2c1. The summed E-state index contributed by atoms with van der Waals surface area (Å²) in [5.41, 5.74) is 2.64. The molecule has 2 heterocycles. The number of benzene rings is 1. The second kappa shape index (κ2) is 5.23. The molecule has 20 heavy (non-hydrogen) atoms. The number of aromatic nitrogens is 1. The molecule has 2 fully saturated rings. The van der Waals surface area contributed by atoms with Gasteiger partial charge in [0.2, 0.25) is 0 Å². The second-order valence-electron chi connectivity index (χ2n) is 6.28. The Kier molecular flexibility index (Phi) is 3.25. The minimum atomic E-state index is 0.693. The van der Waals surface area contributed by atoms with Gasteiger partial charge in [-0.3, -0.25) is 0 Å². The first kappa shape index (κ1) is 12.4. The smallest absolute Gasteiger partial charge is 0.0457 e. The lowest BCUT2D eigenvalue weighted by molar-refractivity contribution is 0.189. The monoisotopic (exact) mass is 269 g/mol. The van der Waals surface area contributed by atoms with E-state index in [4.69, 9.17) is 0 Å². The summed E-state index contributed by atoms with van der Waals surface area (Å²) in [6.07, 6.45) is 7.63. The van der Waals surface area contributed by atoms with Crippen LogP contribution in [0.2, 0.25) is 0 Å². The maximum atomic E-state index is 3.75. The van der Waals surface area contributed by atoms with Gasteiger partial charge in [-0.05, 0) is 50.4 Å². The lowest BCUT2D eigenvalue weighted by atomic mass is 10.0. The first-order valence-electron chi connectivity index (χ1n) is 7.92. The van der Waals surface area contributed by atoms with Crippen molar-refractivity contribution in [3.05, 3.63) is 36.0 Å². The molecule has 0 bridgehead atoms. The summed E-state index contributed by atoms with van der Waals surface area (Å²) in [6.45, 7) is 3.56. The topological polar surface area (TPSA) is 31.1 Å². The fourth-order valence-electron chi connectivity index (χ4n) is 3.44. The Morgan fingerprint density at radius 1 is 1.10 bits per heavy atom. The highest BCUT2D eigenvalue weighted by Gasteiger charge is 2.31. The average Bonchev–Trinajstić information content (AvgIpc) is 3.27. The van der Waals surface area contributed by atoms with E-state index in [1.165, 1.54) is 55.2 Å². The van der Waals surface area contributed by atoms with E-state index in [1.54, 1.807) is 0 Å². The van der Waals surface area contributed by atoms with Crippen molar-refractivity contribution in [1.82, 2.24) is 15.2 Å². The fraction of sp³-hybridized carbons (Fsp3) is 0.529. The van der Waals surface area contributed by atoms with Crippen LogP contribution in [0.4, 0.5) is 0 Å². The van der Waals surface area contributed by atoms with Crippen LogP contribution in [0.5, 0.6) is 0 Å². The summed E-state index contributed by atoms with van der Waals surface area (Å²) in [6, 6.07) is 10.2. The van der Waals surface area contributed by atoms with Gasteiger partial charge in [-0.25, -0.2) is 0 Å². The molecule has 1 aromatic heterocycles. The zero-order valence-electron chi connectivity index (χ0n) is 11.9. The minimum Gasteiger partial charge on any atom is -0.361 e. The van der Waals surface area contributed by atoms with Crippen LogP contribution >= 0.6 is 0 Å². The molecule has 2 aliphatic rings. The Morgan fingerprint density at radius 2 is 1.90 bits per heavy atom. The van der Waals surface area contributed by atoms with Gasteiger partial charge in [0.1, 0.15) is 0 Å². The molecule has 3 heteroatoms. The third-order valence-corrected chi connectivity index (χ3v) is 4.85. The first-order chi connectivity index (χ1) is 9.90. The summed E-state index contributed by atoms with van der Waals surface area (Å²) in [7, 11) is 0. The number of hydrogen-bond donors (Lipinski definition) is 2. The van der Waals surface area contributed by atoms with Crippen molar-refractivity contribution in [3.8, 4) is 0 Å². The molecule has 0 atom stereocenters. The number of likely N-dealkylation sites (tertiary alicyclic amines) is 1. The predicted octanol–water partition coefficient (Wildman–Crippen LogP) is 2.88. The van der Waals surface area contributed by atoms with E-state index in [1.807, 2.05) is 0 Å². The van der Waals surface area contributed by atoms with E-state index >= 15 is 0 Å². The summed E-state index contributed by atoms with van der Waals surface area (Å²) < 4.78 is 0. The largest absolute Gasteiger partial charge is 0.361 e. The molecule has 1 saturated carbocycles. The van der Waals surface area contributed by atoms with Crippen molar-refractivity contribution >= 4 is 10.9 Å². The Morgan fingerprint density at radius 3 is 2.70 bits per heavy atom. The quantitative estimate of drug-likeness (QED) is 0.894. The van der Waals surface area contributed by atoms with Crippen LogP contribution in [-0.4, -0.2) is 35.1 Å². The molecule has 0 radical (unpaired) electrons. The molecule has 1 aromatic carbocycles. The van der Waals surface area contributed by atoms with Crippen LogP contribution in [0.25, 0.3) is 10.9 Å². The average molecular weight is 269 g/mol.